The molecule has 1 heteroatoms. The van der Waals surface area contributed by atoms with Gasteiger partial charge in [-0.1, -0.05) is 54.0 Å². The number of benzene rings is 1. The minimum Gasteiger partial charge on any atom is -0.110 e. The Balaban J connectivity index is 2.21. The zero-order valence-corrected chi connectivity index (χ0v) is 6.85. The predicted octanol–water partition coefficient (Wildman–Crippen LogP) is 1.80. The van der Waals surface area contributed by atoms with Crippen molar-refractivity contribution in [1.82, 2.24) is 0 Å². The highest BCUT2D eigenvalue weighted by Gasteiger charge is 2.11. The second-order valence-corrected chi connectivity index (χ2v) is 2.90. The summed E-state index contributed by atoms with van der Waals surface area (Å²) >= 11 is 0. The van der Waals surface area contributed by atoms with E-state index in [1.807, 2.05) is 6.07 Å². The fourth-order valence-electron chi connectivity index (χ4n) is 1.39. The second-order valence-electron chi connectivity index (χ2n) is 2.90. The van der Waals surface area contributed by atoms with Gasteiger partial charge in [-0.2, -0.15) is 0 Å². The van der Waals surface area contributed by atoms with Crippen LogP contribution >= 0.6 is 0 Å². The standard InChI is InChI=1S/C11H10B/c1-3-7-11(8-4-1)12-9-5-2-6-10-12/h1-10H. The summed E-state index contributed by atoms with van der Waals surface area (Å²) in [5.41, 5.74) is 1.36. The van der Waals surface area contributed by atoms with Crippen molar-refractivity contribution < 1.29 is 0 Å². The summed E-state index contributed by atoms with van der Waals surface area (Å²) in [6.45, 7) is 0.469. The van der Waals surface area contributed by atoms with E-state index >= 15 is 0 Å². The third-order valence-corrected chi connectivity index (χ3v) is 2.04. The van der Waals surface area contributed by atoms with Crippen molar-refractivity contribution >= 4 is 12.2 Å². The Hall–Kier alpha value is -1.24. The summed E-state index contributed by atoms with van der Waals surface area (Å²) in [5, 5.41) is 0. The molecule has 12 heavy (non-hydrogen) atoms. The molecule has 1 aliphatic rings. The smallest absolute Gasteiger partial charge is 0.110 e. The van der Waals surface area contributed by atoms with Crippen LogP contribution in [-0.2, 0) is 0 Å². The van der Waals surface area contributed by atoms with Crippen LogP contribution in [-0.4, -0.2) is 6.71 Å². The van der Waals surface area contributed by atoms with E-state index in [0.717, 1.165) is 0 Å². The molecule has 57 valence electrons. The number of hydrogen-bond donors (Lipinski definition) is 0. The first kappa shape index (κ1) is 7.42. The Morgan fingerprint density at radius 3 is 2.33 bits per heavy atom. The lowest BCUT2D eigenvalue weighted by atomic mass is 9.42. The first-order valence-electron chi connectivity index (χ1n) is 4.20. The van der Waals surface area contributed by atoms with Gasteiger partial charge in [0.1, 0.15) is 0 Å². The van der Waals surface area contributed by atoms with Gasteiger partial charge in [-0.05, 0) is 6.32 Å². The molecule has 1 aliphatic heterocycles. The quantitative estimate of drug-likeness (QED) is 0.539. The van der Waals surface area contributed by atoms with Crippen LogP contribution < -0.4 is 5.46 Å². The molecule has 0 bridgehead atoms. The van der Waals surface area contributed by atoms with Crippen LogP contribution in [0, 0.1) is 6.32 Å². The first-order valence-corrected chi connectivity index (χ1v) is 4.20. The molecule has 1 heterocycles. The lowest BCUT2D eigenvalue weighted by Gasteiger charge is -2.08. The van der Waals surface area contributed by atoms with Gasteiger partial charge in [0.25, 0.3) is 0 Å². The second kappa shape index (κ2) is 3.44. The highest BCUT2D eigenvalue weighted by atomic mass is 13.9. The van der Waals surface area contributed by atoms with E-state index < -0.39 is 0 Å². The Bertz CT molecular complexity index is 298. The molecular formula is C11H10B. The molecule has 0 spiro atoms. The van der Waals surface area contributed by atoms with E-state index in [1.54, 1.807) is 0 Å². The average molecular weight is 153 g/mol. The van der Waals surface area contributed by atoms with Crippen molar-refractivity contribution in [3.8, 4) is 0 Å². The molecule has 1 aromatic carbocycles. The summed E-state index contributed by atoms with van der Waals surface area (Å²) in [7, 11) is 0. The predicted molar refractivity (Wildman–Crippen MR) is 54.4 cm³/mol. The molecule has 0 unspecified atom stereocenters. The normalized spacial score (nSPS) is 15.2. The molecule has 0 fully saturated rings. The van der Waals surface area contributed by atoms with Crippen LogP contribution in [0.3, 0.4) is 0 Å². The zero-order chi connectivity index (χ0) is 8.23. The van der Waals surface area contributed by atoms with E-state index in [0.29, 0.717) is 6.71 Å². The van der Waals surface area contributed by atoms with E-state index in [4.69, 9.17) is 0 Å². The van der Waals surface area contributed by atoms with Gasteiger partial charge < -0.3 is 0 Å². The van der Waals surface area contributed by atoms with E-state index in [1.165, 1.54) is 5.46 Å². The molecule has 0 aromatic heterocycles. The molecule has 0 aliphatic carbocycles. The average Bonchev–Trinajstić information content (AvgIpc) is 2.21. The fourth-order valence-corrected chi connectivity index (χ4v) is 1.39. The minimum absolute atomic E-state index is 0.469. The topological polar surface area (TPSA) is 0 Å². The summed E-state index contributed by atoms with van der Waals surface area (Å²) in [4.78, 5) is 0. The number of rotatable bonds is 1. The van der Waals surface area contributed by atoms with Crippen LogP contribution in [0.25, 0.3) is 0 Å². The molecule has 0 saturated carbocycles. The third-order valence-electron chi connectivity index (χ3n) is 2.04. The van der Waals surface area contributed by atoms with Crippen LogP contribution in [0.15, 0.2) is 54.5 Å². The molecule has 0 amide bonds. The zero-order valence-electron chi connectivity index (χ0n) is 6.85. The van der Waals surface area contributed by atoms with Crippen LogP contribution in [0.2, 0.25) is 0 Å². The van der Waals surface area contributed by atoms with Crippen molar-refractivity contribution in [2.24, 2.45) is 0 Å². The molecule has 0 atom stereocenters. The Labute approximate surface area is 73.7 Å². The summed E-state index contributed by atoms with van der Waals surface area (Å²) in [5.74, 6) is 2.20. The summed E-state index contributed by atoms with van der Waals surface area (Å²) < 4.78 is 0. The van der Waals surface area contributed by atoms with Crippen molar-refractivity contribution in [3.63, 3.8) is 0 Å². The Kier molecular flexibility index (Phi) is 2.13. The highest BCUT2D eigenvalue weighted by molar-refractivity contribution is 6.81. The van der Waals surface area contributed by atoms with Gasteiger partial charge in [-0.3, -0.25) is 0 Å². The van der Waals surface area contributed by atoms with Crippen molar-refractivity contribution in [2.45, 2.75) is 0 Å². The molecule has 0 nitrogen and oxygen atoms in total. The summed E-state index contributed by atoms with van der Waals surface area (Å²) in [6, 6.07) is 10.5. The lowest BCUT2D eigenvalue weighted by Crippen LogP contribution is -2.29. The van der Waals surface area contributed by atoms with Gasteiger partial charge in [0.05, 0.1) is 0 Å². The Morgan fingerprint density at radius 2 is 1.67 bits per heavy atom. The van der Waals surface area contributed by atoms with Crippen LogP contribution in [0.4, 0.5) is 0 Å². The lowest BCUT2D eigenvalue weighted by molar-refractivity contribution is 1.73. The van der Waals surface area contributed by atoms with Crippen LogP contribution in [0.5, 0.6) is 0 Å². The molecule has 0 N–H and O–H groups in total. The molecular weight excluding hydrogens is 143 g/mol. The van der Waals surface area contributed by atoms with E-state index in [9.17, 15) is 0 Å². The van der Waals surface area contributed by atoms with Gasteiger partial charge in [0.15, 0.2) is 0 Å². The molecule has 1 aromatic rings. The largest absolute Gasteiger partial charge is 0.207 e. The maximum Gasteiger partial charge on any atom is 0.207 e. The van der Waals surface area contributed by atoms with Crippen molar-refractivity contribution in [3.05, 3.63) is 60.9 Å². The number of allylic oxidation sites excluding steroid dienone is 3. The van der Waals surface area contributed by atoms with Gasteiger partial charge in [0.2, 0.25) is 6.71 Å². The first-order chi connectivity index (χ1) is 5.97. The van der Waals surface area contributed by atoms with Gasteiger partial charge in [-0.25, -0.2) is 0 Å². The maximum atomic E-state index is 2.20. The molecule has 0 saturated heterocycles. The highest BCUT2D eigenvalue weighted by Crippen LogP contribution is 2.00. The minimum atomic E-state index is 0.469. The van der Waals surface area contributed by atoms with Gasteiger partial charge >= 0.3 is 0 Å². The van der Waals surface area contributed by atoms with Crippen LogP contribution in [0.1, 0.15) is 0 Å². The van der Waals surface area contributed by atoms with Gasteiger partial charge in [-0.15, -0.1) is 5.98 Å². The third kappa shape index (κ3) is 1.50. The SMILES string of the molecule is [CH]1C=CC=CB1c1ccccc1. The number of hydrogen-bond acceptors (Lipinski definition) is 0. The molecule has 1 radical (unpaired) electrons. The molecule has 2 rings (SSSR count). The van der Waals surface area contributed by atoms with E-state index in [2.05, 4.69) is 54.8 Å². The van der Waals surface area contributed by atoms with Gasteiger partial charge in [0, 0.05) is 0 Å². The van der Waals surface area contributed by atoms with Crippen molar-refractivity contribution in [2.75, 3.05) is 0 Å². The maximum absolute atomic E-state index is 2.20. The Morgan fingerprint density at radius 1 is 0.833 bits per heavy atom. The van der Waals surface area contributed by atoms with Crippen molar-refractivity contribution in [1.29, 1.82) is 0 Å². The van der Waals surface area contributed by atoms with E-state index in [-0.39, 0.29) is 0 Å². The summed E-state index contributed by atoms with van der Waals surface area (Å²) in [6.07, 6.45) is 8.45. The fraction of sp³-hybridized carbons (Fsp3) is 0. The monoisotopic (exact) mass is 153 g/mol.